The third-order valence-electron chi connectivity index (χ3n) is 5.65. The van der Waals surface area contributed by atoms with Gasteiger partial charge in [0.1, 0.15) is 11.5 Å². The molecule has 3 nitrogen and oxygen atoms in total. The second-order valence-corrected chi connectivity index (χ2v) is 7.86. The van der Waals surface area contributed by atoms with Gasteiger partial charge in [-0.3, -0.25) is 4.90 Å². The summed E-state index contributed by atoms with van der Waals surface area (Å²) in [7, 11) is 0. The van der Waals surface area contributed by atoms with E-state index in [0.29, 0.717) is 5.41 Å². The summed E-state index contributed by atoms with van der Waals surface area (Å²) in [6, 6.07) is 10.9. The maximum absolute atomic E-state index is 12.4. The Morgan fingerprint density at radius 1 is 0.700 bits per heavy atom. The first-order valence-corrected chi connectivity index (χ1v) is 9.48. The fourth-order valence-electron chi connectivity index (χ4n) is 4.09. The molecule has 1 saturated heterocycles. The molecule has 30 heavy (non-hydrogen) atoms. The van der Waals surface area contributed by atoms with Gasteiger partial charge < -0.3 is 9.47 Å². The normalized spacial score (nSPS) is 18.8. The number of halogens is 6. The van der Waals surface area contributed by atoms with Crippen molar-refractivity contribution < 1.29 is 35.8 Å². The number of benzene rings is 2. The highest BCUT2D eigenvalue weighted by Crippen LogP contribution is 2.54. The topological polar surface area (TPSA) is 21.7 Å². The molecule has 2 aliphatic rings. The van der Waals surface area contributed by atoms with Crippen LogP contribution in [0.25, 0.3) is 0 Å². The van der Waals surface area contributed by atoms with E-state index in [1.54, 1.807) is 24.3 Å². The van der Waals surface area contributed by atoms with Crippen LogP contribution in [0.1, 0.15) is 36.4 Å². The highest BCUT2D eigenvalue weighted by molar-refractivity contribution is 5.38. The number of nitrogens with zero attached hydrogens (tertiary/aromatic N) is 1. The van der Waals surface area contributed by atoms with E-state index in [1.807, 2.05) is 0 Å². The van der Waals surface area contributed by atoms with Gasteiger partial charge in [0, 0.05) is 6.54 Å². The van der Waals surface area contributed by atoms with Gasteiger partial charge >= 0.3 is 12.7 Å². The summed E-state index contributed by atoms with van der Waals surface area (Å²) in [5.74, 6) is -0.641. The van der Waals surface area contributed by atoms with E-state index in [2.05, 4.69) is 14.4 Å². The zero-order valence-electron chi connectivity index (χ0n) is 15.8. The molecule has 0 bridgehead atoms. The Morgan fingerprint density at radius 3 is 1.47 bits per heavy atom. The minimum absolute atomic E-state index is 0.287. The van der Waals surface area contributed by atoms with E-state index < -0.39 is 12.7 Å². The van der Waals surface area contributed by atoms with Gasteiger partial charge in [0.15, 0.2) is 0 Å². The highest BCUT2D eigenvalue weighted by atomic mass is 19.4. The molecule has 4 rings (SSSR count). The summed E-state index contributed by atoms with van der Waals surface area (Å²) in [4.78, 5) is 2.23. The maximum Gasteiger partial charge on any atom is 0.573 e. The molecule has 162 valence electrons. The monoisotopic (exact) mass is 431 g/mol. The lowest BCUT2D eigenvalue weighted by Crippen LogP contribution is -2.28. The molecule has 1 saturated carbocycles. The zero-order valence-corrected chi connectivity index (χ0v) is 15.8. The van der Waals surface area contributed by atoms with Crippen LogP contribution in [0.4, 0.5) is 26.3 Å². The standard InChI is InChI=1S/C21H19F6NO2/c22-20(23,24)29-16-5-1-14(2-6-16)18(28-12-11-19(13-28)9-10-19)15-3-7-17(8-4-15)30-21(25,26)27/h1-8,18H,9-13H2. The van der Waals surface area contributed by atoms with Crippen molar-refractivity contribution in [1.29, 1.82) is 0 Å². The van der Waals surface area contributed by atoms with Gasteiger partial charge in [-0.05, 0) is 66.6 Å². The average Bonchev–Trinajstić information content (AvgIpc) is 3.26. The molecule has 0 amide bonds. The first-order chi connectivity index (χ1) is 14.0. The third-order valence-corrected chi connectivity index (χ3v) is 5.65. The van der Waals surface area contributed by atoms with Crippen molar-refractivity contribution in [3.8, 4) is 11.5 Å². The number of likely N-dealkylation sites (tertiary alicyclic amines) is 1. The predicted octanol–water partition coefficient (Wildman–Crippen LogP) is 6.06. The zero-order chi connectivity index (χ0) is 21.6. The van der Waals surface area contributed by atoms with E-state index in [1.165, 1.54) is 24.3 Å². The fraction of sp³-hybridized carbons (Fsp3) is 0.429. The van der Waals surface area contributed by atoms with Crippen molar-refractivity contribution in [2.24, 2.45) is 5.41 Å². The van der Waals surface area contributed by atoms with Gasteiger partial charge in [0.25, 0.3) is 0 Å². The van der Waals surface area contributed by atoms with Crippen LogP contribution in [0.15, 0.2) is 48.5 Å². The number of ether oxygens (including phenoxy) is 2. The van der Waals surface area contributed by atoms with Crippen molar-refractivity contribution in [1.82, 2.24) is 4.90 Å². The number of rotatable bonds is 5. The number of hydrogen-bond donors (Lipinski definition) is 0. The maximum atomic E-state index is 12.4. The van der Waals surface area contributed by atoms with Crippen LogP contribution in [0.2, 0.25) is 0 Å². The third kappa shape index (κ3) is 5.00. The van der Waals surface area contributed by atoms with Crippen molar-refractivity contribution >= 4 is 0 Å². The molecule has 2 aromatic carbocycles. The largest absolute Gasteiger partial charge is 0.573 e. The number of hydrogen-bond acceptors (Lipinski definition) is 3. The van der Waals surface area contributed by atoms with Crippen LogP contribution in [-0.2, 0) is 0 Å². The van der Waals surface area contributed by atoms with E-state index in [-0.39, 0.29) is 17.5 Å². The first-order valence-electron chi connectivity index (χ1n) is 9.48. The summed E-state index contributed by atoms with van der Waals surface area (Å²) in [6.45, 7) is 1.66. The molecule has 0 atom stereocenters. The van der Waals surface area contributed by atoms with Gasteiger partial charge in [0.2, 0.25) is 0 Å². The molecule has 0 N–H and O–H groups in total. The Hall–Kier alpha value is -2.42. The Kier molecular flexibility index (Phi) is 5.12. The Morgan fingerprint density at radius 2 is 1.13 bits per heavy atom. The second-order valence-electron chi connectivity index (χ2n) is 7.86. The summed E-state index contributed by atoms with van der Waals surface area (Å²) in [5, 5.41) is 0. The molecule has 0 radical (unpaired) electrons. The van der Waals surface area contributed by atoms with Gasteiger partial charge in [0.05, 0.1) is 6.04 Å². The fourth-order valence-corrected chi connectivity index (χ4v) is 4.09. The van der Waals surface area contributed by atoms with E-state index in [4.69, 9.17) is 0 Å². The van der Waals surface area contributed by atoms with Crippen LogP contribution in [-0.4, -0.2) is 30.7 Å². The smallest absolute Gasteiger partial charge is 0.406 e. The predicted molar refractivity (Wildman–Crippen MR) is 96.0 cm³/mol. The first kappa shape index (κ1) is 20.8. The minimum atomic E-state index is -4.78. The van der Waals surface area contributed by atoms with E-state index in [0.717, 1.165) is 43.5 Å². The molecular formula is C21H19F6NO2. The Balaban J connectivity index is 1.60. The lowest BCUT2D eigenvalue weighted by atomic mass is 9.97. The van der Waals surface area contributed by atoms with Crippen LogP contribution in [0.5, 0.6) is 11.5 Å². The lowest BCUT2D eigenvalue weighted by molar-refractivity contribution is -0.275. The summed E-state index contributed by atoms with van der Waals surface area (Å²) < 4.78 is 82.5. The number of alkyl halides is 6. The van der Waals surface area contributed by atoms with Crippen molar-refractivity contribution in [2.45, 2.75) is 38.0 Å². The molecule has 1 aliphatic heterocycles. The molecule has 2 aromatic rings. The molecule has 1 aliphatic carbocycles. The average molecular weight is 431 g/mol. The van der Waals surface area contributed by atoms with Crippen LogP contribution in [0.3, 0.4) is 0 Å². The second kappa shape index (κ2) is 7.37. The molecule has 1 spiro atoms. The van der Waals surface area contributed by atoms with Gasteiger partial charge in [-0.1, -0.05) is 24.3 Å². The lowest BCUT2D eigenvalue weighted by Gasteiger charge is -2.29. The Bertz CT molecular complexity index is 813. The van der Waals surface area contributed by atoms with E-state index >= 15 is 0 Å². The van der Waals surface area contributed by atoms with E-state index in [9.17, 15) is 26.3 Å². The van der Waals surface area contributed by atoms with Crippen LogP contribution >= 0.6 is 0 Å². The summed E-state index contributed by atoms with van der Waals surface area (Å²) in [5.41, 5.74) is 1.79. The molecular weight excluding hydrogens is 412 g/mol. The molecule has 0 aromatic heterocycles. The Labute approximate surface area is 169 Å². The quantitative estimate of drug-likeness (QED) is 0.538. The van der Waals surface area contributed by atoms with Crippen LogP contribution in [0, 0.1) is 5.41 Å². The van der Waals surface area contributed by atoms with Crippen molar-refractivity contribution in [3.63, 3.8) is 0 Å². The molecule has 0 unspecified atom stereocenters. The minimum Gasteiger partial charge on any atom is -0.406 e. The molecule has 1 heterocycles. The SMILES string of the molecule is FC(F)(F)Oc1ccc(C(c2ccc(OC(F)(F)F)cc2)N2CCC3(CC3)C2)cc1. The van der Waals surface area contributed by atoms with Gasteiger partial charge in [-0.2, -0.15) is 0 Å². The molecule has 9 heteroatoms. The van der Waals surface area contributed by atoms with Gasteiger partial charge in [-0.25, -0.2) is 0 Å². The van der Waals surface area contributed by atoms with Crippen LogP contribution < -0.4 is 9.47 Å². The summed E-state index contributed by atoms with van der Waals surface area (Å²) in [6.07, 6.45) is -6.22. The molecule has 2 fully saturated rings. The van der Waals surface area contributed by atoms with Gasteiger partial charge in [-0.15, -0.1) is 26.3 Å². The highest BCUT2D eigenvalue weighted by Gasteiger charge is 2.49. The summed E-state index contributed by atoms with van der Waals surface area (Å²) >= 11 is 0. The van der Waals surface area contributed by atoms with Crippen molar-refractivity contribution in [3.05, 3.63) is 59.7 Å². The van der Waals surface area contributed by atoms with Crippen molar-refractivity contribution in [2.75, 3.05) is 13.1 Å².